The first kappa shape index (κ1) is 15.1. The molecule has 0 aliphatic carbocycles. The maximum atomic E-state index is 6.28. The fourth-order valence-corrected chi connectivity index (χ4v) is 3.15. The topological polar surface area (TPSA) is 43.8 Å². The molecule has 0 radical (unpaired) electrons. The first-order valence-electron chi connectivity index (χ1n) is 6.96. The smallest absolute Gasteiger partial charge is 0.0939 e. The number of aromatic nitrogens is 2. The molecule has 2 aromatic rings. The van der Waals surface area contributed by atoms with E-state index < -0.39 is 0 Å². The molecule has 1 aromatic carbocycles. The van der Waals surface area contributed by atoms with Crippen LogP contribution in [0.2, 0.25) is 0 Å². The van der Waals surface area contributed by atoms with Gasteiger partial charge in [-0.3, -0.25) is 4.68 Å². The third-order valence-electron chi connectivity index (χ3n) is 3.40. The molecule has 2 rings (SSSR count). The molecule has 1 unspecified atom stereocenters. The van der Waals surface area contributed by atoms with Crippen molar-refractivity contribution in [2.45, 2.75) is 37.8 Å². The monoisotopic (exact) mass is 289 g/mol. The lowest BCUT2D eigenvalue weighted by Crippen LogP contribution is -2.13. The molecule has 0 bridgehead atoms. The molecular weight excluding hydrogens is 266 g/mol. The van der Waals surface area contributed by atoms with Gasteiger partial charge >= 0.3 is 0 Å². The number of hydrogen-bond donors (Lipinski definition) is 1. The highest BCUT2D eigenvalue weighted by Crippen LogP contribution is 2.24. The Labute approximate surface area is 125 Å². The summed E-state index contributed by atoms with van der Waals surface area (Å²) in [5.74, 6) is 1.42. The second-order valence-corrected chi connectivity index (χ2v) is 6.53. The highest BCUT2D eigenvalue weighted by molar-refractivity contribution is 7.99. The molecule has 0 spiro atoms. The van der Waals surface area contributed by atoms with E-state index in [1.807, 2.05) is 18.7 Å². The van der Waals surface area contributed by atoms with Gasteiger partial charge in [0, 0.05) is 18.8 Å². The largest absolute Gasteiger partial charge is 0.323 e. The average Bonchev–Trinajstić information content (AvgIpc) is 2.74. The first-order valence-corrected chi connectivity index (χ1v) is 7.95. The molecule has 0 saturated carbocycles. The van der Waals surface area contributed by atoms with Gasteiger partial charge in [0.1, 0.15) is 0 Å². The van der Waals surface area contributed by atoms with Crippen molar-refractivity contribution in [3.63, 3.8) is 0 Å². The summed E-state index contributed by atoms with van der Waals surface area (Å²) >= 11 is 1.76. The maximum absolute atomic E-state index is 6.28. The molecule has 2 N–H and O–H groups in total. The SMILES string of the molecule is Cc1cc(SCC(N)c2ccc(C(C)C)cc2)n(C)n1. The predicted octanol–water partition coefficient (Wildman–Crippen LogP) is 3.64. The quantitative estimate of drug-likeness (QED) is 0.855. The maximum Gasteiger partial charge on any atom is 0.0939 e. The fraction of sp³-hybridized carbons (Fsp3) is 0.438. The van der Waals surface area contributed by atoms with Gasteiger partial charge in [-0.1, -0.05) is 38.1 Å². The number of nitrogens with zero attached hydrogens (tertiary/aromatic N) is 2. The van der Waals surface area contributed by atoms with Crippen molar-refractivity contribution >= 4 is 11.8 Å². The van der Waals surface area contributed by atoms with Crippen LogP contribution in [0.5, 0.6) is 0 Å². The molecule has 20 heavy (non-hydrogen) atoms. The molecule has 0 saturated heterocycles. The average molecular weight is 289 g/mol. The molecule has 0 amide bonds. The zero-order chi connectivity index (χ0) is 14.7. The Kier molecular flexibility index (Phi) is 4.89. The van der Waals surface area contributed by atoms with E-state index in [1.165, 1.54) is 11.1 Å². The number of thioether (sulfide) groups is 1. The number of rotatable bonds is 5. The predicted molar refractivity (Wildman–Crippen MR) is 86.1 cm³/mol. The van der Waals surface area contributed by atoms with Crippen LogP contribution in [0, 0.1) is 6.92 Å². The van der Waals surface area contributed by atoms with Crippen molar-refractivity contribution < 1.29 is 0 Å². The summed E-state index contributed by atoms with van der Waals surface area (Å²) in [5.41, 5.74) is 9.87. The van der Waals surface area contributed by atoms with Crippen LogP contribution in [0.4, 0.5) is 0 Å². The third-order valence-corrected chi connectivity index (χ3v) is 4.60. The molecule has 0 aliphatic heterocycles. The Morgan fingerprint density at radius 2 is 1.80 bits per heavy atom. The van der Waals surface area contributed by atoms with Crippen LogP contribution in [0.25, 0.3) is 0 Å². The van der Waals surface area contributed by atoms with Gasteiger partial charge in [-0.2, -0.15) is 5.10 Å². The molecular formula is C16H23N3S. The number of hydrogen-bond acceptors (Lipinski definition) is 3. The molecule has 0 aliphatic rings. The Morgan fingerprint density at radius 3 is 2.30 bits per heavy atom. The summed E-state index contributed by atoms with van der Waals surface area (Å²) in [4.78, 5) is 0. The molecule has 1 heterocycles. The van der Waals surface area contributed by atoms with Crippen LogP contribution in [0.1, 0.15) is 42.6 Å². The van der Waals surface area contributed by atoms with Crippen molar-refractivity contribution in [3.05, 3.63) is 47.2 Å². The Bertz CT molecular complexity index is 558. The van der Waals surface area contributed by atoms with E-state index in [-0.39, 0.29) is 6.04 Å². The summed E-state index contributed by atoms with van der Waals surface area (Å²) in [6.07, 6.45) is 0. The van der Waals surface area contributed by atoms with Gasteiger partial charge < -0.3 is 5.73 Å². The van der Waals surface area contributed by atoms with Crippen LogP contribution >= 0.6 is 11.8 Å². The Morgan fingerprint density at radius 1 is 1.20 bits per heavy atom. The third kappa shape index (κ3) is 3.64. The lowest BCUT2D eigenvalue weighted by molar-refractivity contribution is 0.691. The Balaban J connectivity index is 1.97. The van der Waals surface area contributed by atoms with Crippen molar-refractivity contribution in [1.82, 2.24) is 9.78 Å². The van der Waals surface area contributed by atoms with Gasteiger partial charge in [-0.05, 0) is 30.0 Å². The number of nitrogens with two attached hydrogens (primary N) is 1. The van der Waals surface area contributed by atoms with Crippen molar-refractivity contribution in [1.29, 1.82) is 0 Å². The van der Waals surface area contributed by atoms with Gasteiger partial charge in [-0.25, -0.2) is 0 Å². The van der Waals surface area contributed by atoms with Crippen molar-refractivity contribution in [3.8, 4) is 0 Å². The van der Waals surface area contributed by atoms with E-state index in [0.717, 1.165) is 16.5 Å². The number of aryl methyl sites for hydroxylation is 2. The first-order chi connectivity index (χ1) is 9.47. The second kappa shape index (κ2) is 6.46. The molecule has 1 aromatic heterocycles. The van der Waals surface area contributed by atoms with E-state index in [0.29, 0.717) is 5.92 Å². The van der Waals surface area contributed by atoms with Gasteiger partial charge in [0.15, 0.2) is 0 Å². The van der Waals surface area contributed by atoms with E-state index in [2.05, 4.69) is 49.3 Å². The van der Waals surface area contributed by atoms with Gasteiger partial charge in [0.2, 0.25) is 0 Å². The lowest BCUT2D eigenvalue weighted by Gasteiger charge is -2.13. The van der Waals surface area contributed by atoms with E-state index in [1.54, 1.807) is 11.8 Å². The normalized spacial score (nSPS) is 12.9. The summed E-state index contributed by atoms with van der Waals surface area (Å²) in [6, 6.07) is 10.8. The van der Waals surface area contributed by atoms with Crippen molar-refractivity contribution in [2.75, 3.05) is 5.75 Å². The van der Waals surface area contributed by atoms with Crippen LogP contribution in [-0.2, 0) is 7.05 Å². The fourth-order valence-electron chi connectivity index (χ4n) is 2.12. The van der Waals surface area contributed by atoms with E-state index in [9.17, 15) is 0 Å². The minimum atomic E-state index is 0.0522. The standard InChI is InChI=1S/C16H23N3S/c1-11(2)13-5-7-14(8-6-13)15(17)10-20-16-9-12(3)18-19(16)4/h5-9,11,15H,10,17H2,1-4H3. The minimum Gasteiger partial charge on any atom is -0.323 e. The van der Waals surface area contributed by atoms with Gasteiger partial charge in [0.05, 0.1) is 10.7 Å². The van der Waals surface area contributed by atoms with E-state index in [4.69, 9.17) is 5.73 Å². The van der Waals surface area contributed by atoms with Crippen LogP contribution in [0.15, 0.2) is 35.4 Å². The summed E-state index contributed by atoms with van der Waals surface area (Å²) < 4.78 is 1.91. The molecule has 4 heteroatoms. The van der Waals surface area contributed by atoms with Crippen LogP contribution < -0.4 is 5.73 Å². The van der Waals surface area contributed by atoms with Crippen LogP contribution in [-0.4, -0.2) is 15.5 Å². The molecule has 1 atom stereocenters. The van der Waals surface area contributed by atoms with Crippen LogP contribution in [0.3, 0.4) is 0 Å². The van der Waals surface area contributed by atoms with E-state index >= 15 is 0 Å². The summed E-state index contributed by atoms with van der Waals surface area (Å²) in [5, 5.41) is 5.51. The van der Waals surface area contributed by atoms with Gasteiger partial charge in [-0.15, -0.1) is 11.8 Å². The zero-order valence-electron chi connectivity index (χ0n) is 12.6. The van der Waals surface area contributed by atoms with Crippen molar-refractivity contribution in [2.24, 2.45) is 12.8 Å². The highest BCUT2D eigenvalue weighted by atomic mass is 32.2. The lowest BCUT2D eigenvalue weighted by atomic mass is 10.00. The minimum absolute atomic E-state index is 0.0522. The summed E-state index contributed by atoms with van der Waals surface area (Å²) in [7, 11) is 1.97. The summed E-state index contributed by atoms with van der Waals surface area (Å²) in [6.45, 7) is 6.42. The second-order valence-electron chi connectivity index (χ2n) is 5.49. The molecule has 3 nitrogen and oxygen atoms in total. The van der Waals surface area contributed by atoms with Gasteiger partial charge in [0.25, 0.3) is 0 Å². The highest BCUT2D eigenvalue weighted by Gasteiger charge is 2.10. The number of benzene rings is 1. The molecule has 108 valence electrons. The molecule has 0 fully saturated rings. The zero-order valence-corrected chi connectivity index (χ0v) is 13.4. The Hall–Kier alpha value is -1.26.